The molecule has 1 aliphatic heterocycles. The number of anilines is 1. The Kier molecular flexibility index (Phi) is 4.62. The molecule has 1 saturated heterocycles. The second kappa shape index (κ2) is 6.68. The lowest BCUT2D eigenvalue weighted by molar-refractivity contribution is -0.117. The van der Waals surface area contributed by atoms with Gasteiger partial charge in [0.25, 0.3) is 0 Å². The largest absolute Gasteiger partial charge is 0.312 e. The molecule has 5 nitrogen and oxygen atoms in total. The second-order valence-electron chi connectivity index (χ2n) is 5.98. The van der Waals surface area contributed by atoms with Crippen molar-refractivity contribution in [3.05, 3.63) is 59.9 Å². The first kappa shape index (κ1) is 16.6. The summed E-state index contributed by atoms with van der Waals surface area (Å²) in [4.78, 5) is 17.5. The summed E-state index contributed by atoms with van der Waals surface area (Å²) >= 11 is 0. The van der Waals surface area contributed by atoms with Crippen molar-refractivity contribution in [2.75, 3.05) is 17.2 Å². The van der Waals surface area contributed by atoms with Gasteiger partial charge in [-0.2, -0.15) is 8.42 Å². The van der Waals surface area contributed by atoms with Crippen LogP contribution in [0.4, 0.5) is 9.57 Å². The van der Waals surface area contributed by atoms with E-state index in [1.807, 2.05) is 36.4 Å². The Bertz CT molecular complexity index is 823. The van der Waals surface area contributed by atoms with Crippen LogP contribution in [0.25, 0.3) is 0 Å². The van der Waals surface area contributed by atoms with Gasteiger partial charge in [0, 0.05) is 37.0 Å². The van der Waals surface area contributed by atoms with Gasteiger partial charge in [-0.25, -0.2) is 0 Å². The number of nitrogens with zero attached hydrogens (tertiary/aromatic N) is 2. The summed E-state index contributed by atoms with van der Waals surface area (Å²) in [5.74, 6) is -1.27. The third-order valence-corrected chi connectivity index (χ3v) is 4.92. The Balaban J connectivity index is 1.68. The van der Waals surface area contributed by atoms with Gasteiger partial charge in [0.05, 0.1) is 5.75 Å². The van der Waals surface area contributed by atoms with Crippen molar-refractivity contribution in [1.29, 1.82) is 0 Å². The summed E-state index contributed by atoms with van der Waals surface area (Å²) in [5, 5.41) is 0. The minimum Gasteiger partial charge on any atom is -0.312 e. The first-order valence-corrected chi connectivity index (χ1v) is 9.16. The molecule has 1 aromatic heterocycles. The highest BCUT2D eigenvalue weighted by Crippen LogP contribution is 2.27. The molecule has 126 valence electrons. The van der Waals surface area contributed by atoms with Crippen LogP contribution in [0.3, 0.4) is 0 Å². The van der Waals surface area contributed by atoms with Crippen molar-refractivity contribution in [1.82, 2.24) is 4.98 Å². The van der Waals surface area contributed by atoms with Crippen molar-refractivity contribution < 1.29 is 17.1 Å². The quantitative estimate of drug-likeness (QED) is 0.778. The fourth-order valence-electron chi connectivity index (χ4n) is 2.95. The summed E-state index contributed by atoms with van der Waals surface area (Å²) in [6, 6.07) is 11.4. The topological polar surface area (TPSA) is 67.3 Å². The molecule has 0 bridgehead atoms. The van der Waals surface area contributed by atoms with Crippen molar-refractivity contribution in [2.24, 2.45) is 5.92 Å². The molecule has 1 atom stereocenters. The van der Waals surface area contributed by atoms with Gasteiger partial charge in [0.1, 0.15) is 0 Å². The van der Waals surface area contributed by atoms with Gasteiger partial charge in [-0.1, -0.05) is 12.1 Å². The number of benzene rings is 1. The van der Waals surface area contributed by atoms with Crippen LogP contribution in [-0.2, 0) is 21.4 Å². The van der Waals surface area contributed by atoms with E-state index in [-0.39, 0.29) is 18.9 Å². The number of hydrogen-bond donors (Lipinski definition) is 0. The molecular weight excluding hydrogens is 331 g/mol. The lowest BCUT2D eigenvalue weighted by Gasteiger charge is -2.17. The molecule has 0 N–H and O–H groups in total. The second-order valence-corrected chi connectivity index (χ2v) is 7.39. The van der Waals surface area contributed by atoms with Crippen LogP contribution >= 0.6 is 0 Å². The summed E-state index contributed by atoms with van der Waals surface area (Å²) in [5.41, 5.74) is 2.94. The van der Waals surface area contributed by atoms with Crippen LogP contribution in [0.5, 0.6) is 0 Å². The Labute approximate surface area is 140 Å². The first-order chi connectivity index (χ1) is 11.4. The van der Waals surface area contributed by atoms with Gasteiger partial charge in [-0.3, -0.25) is 9.78 Å². The average molecular weight is 348 g/mol. The highest BCUT2D eigenvalue weighted by atomic mass is 32.3. The standard InChI is InChI=1S/C17H17FN2O3S/c18-24(22,23)12-15-10-17(21)20(11-15)16-3-1-13(2-4-16)9-14-5-7-19-8-6-14/h1-8,15H,9-12H2. The zero-order valence-electron chi connectivity index (χ0n) is 12.9. The Hall–Kier alpha value is -2.28. The zero-order chi connectivity index (χ0) is 17.2. The number of pyridine rings is 1. The summed E-state index contributed by atoms with van der Waals surface area (Å²) in [6.07, 6.45) is 4.30. The van der Waals surface area contributed by atoms with Crippen LogP contribution in [0, 0.1) is 5.92 Å². The molecule has 1 aromatic carbocycles. The molecule has 1 fully saturated rings. The van der Waals surface area contributed by atoms with E-state index in [1.165, 1.54) is 4.90 Å². The molecule has 1 aliphatic rings. The molecule has 1 unspecified atom stereocenters. The molecule has 2 heterocycles. The molecule has 3 rings (SSSR count). The highest BCUT2D eigenvalue weighted by molar-refractivity contribution is 7.86. The molecule has 0 saturated carbocycles. The number of hydrogen-bond acceptors (Lipinski definition) is 4. The normalized spacial score (nSPS) is 18.1. The molecule has 1 amide bonds. The van der Waals surface area contributed by atoms with Crippen molar-refractivity contribution >= 4 is 21.8 Å². The van der Waals surface area contributed by atoms with E-state index in [9.17, 15) is 17.1 Å². The Morgan fingerprint density at radius 3 is 2.33 bits per heavy atom. The molecule has 0 radical (unpaired) electrons. The predicted molar refractivity (Wildman–Crippen MR) is 88.8 cm³/mol. The molecule has 24 heavy (non-hydrogen) atoms. The fourth-order valence-corrected chi connectivity index (χ4v) is 3.74. The first-order valence-electron chi connectivity index (χ1n) is 7.61. The van der Waals surface area contributed by atoms with Gasteiger partial charge in [0.2, 0.25) is 5.91 Å². The number of carbonyl (C=O) groups excluding carboxylic acids is 1. The highest BCUT2D eigenvalue weighted by Gasteiger charge is 2.33. The third kappa shape index (κ3) is 4.17. The van der Waals surface area contributed by atoms with Crippen molar-refractivity contribution in [3.8, 4) is 0 Å². The maximum atomic E-state index is 12.8. The maximum Gasteiger partial charge on any atom is 0.302 e. The third-order valence-electron chi connectivity index (χ3n) is 4.05. The van der Waals surface area contributed by atoms with Crippen LogP contribution in [0.15, 0.2) is 48.8 Å². The van der Waals surface area contributed by atoms with Gasteiger partial charge in [0.15, 0.2) is 0 Å². The van der Waals surface area contributed by atoms with Crippen molar-refractivity contribution in [3.63, 3.8) is 0 Å². The Morgan fingerprint density at radius 2 is 1.71 bits per heavy atom. The maximum absolute atomic E-state index is 12.8. The molecule has 0 spiro atoms. The number of aromatic nitrogens is 1. The van der Waals surface area contributed by atoms with Crippen LogP contribution < -0.4 is 4.90 Å². The number of rotatable bonds is 5. The number of halogens is 1. The van der Waals surface area contributed by atoms with E-state index in [0.29, 0.717) is 5.69 Å². The summed E-state index contributed by atoms with van der Waals surface area (Å²) < 4.78 is 34.3. The number of carbonyl (C=O) groups is 1. The van der Waals surface area contributed by atoms with Gasteiger partial charge >= 0.3 is 10.2 Å². The average Bonchev–Trinajstić information content (AvgIpc) is 2.87. The Morgan fingerprint density at radius 1 is 1.08 bits per heavy atom. The van der Waals surface area contributed by atoms with E-state index in [4.69, 9.17) is 0 Å². The summed E-state index contributed by atoms with van der Waals surface area (Å²) in [7, 11) is -4.56. The smallest absolute Gasteiger partial charge is 0.302 e. The lowest BCUT2D eigenvalue weighted by atomic mass is 10.1. The van der Waals surface area contributed by atoms with E-state index in [2.05, 4.69) is 4.98 Å². The SMILES string of the molecule is O=C1CC(CS(=O)(=O)F)CN1c1ccc(Cc2ccncc2)cc1. The van der Waals surface area contributed by atoms with Gasteiger partial charge in [-0.15, -0.1) is 3.89 Å². The van der Waals surface area contributed by atoms with Crippen molar-refractivity contribution in [2.45, 2.75) is 12.8 Å². The van der Waals surface area contributed by atoms with Gasteiger partial charge < -0.3 is 4.90 Å². The molecule has 0 aliphatic carbocycles. The predicted octanol–water partition coefficient (Wildman–Crippen LogP) is 2.32. The number of amides is 1. The fraction of sp³-hybridized carbons (Fsp3) is 0.294. The monoisotopic (exact) mass is 348 g/mol. The minimum absolute atomic E-state index is 0.0575. The summed E-state index contributed by atoms with van der Waals surface area (Å²) in [6.45, 7) is 0.228. The molecule has 7 heteroatoms. The zero-order valence-corrected chi connectivity index (χ0v) is 13.7. The lowest BCUT2D eigenvalue weighted by Crippen LogP contribution is -2.25. The van der Waals surface area contributed by atoms with E-state index in [1.54, 1.807) is 12.4 Å². The van der Waals surface area contributed by atoms with Crippen LogP contribution in [0.1, 0.15) is 17.5 Å². The van der Waals surface area contributed by atoms with Crippen LogP contribution in [0.2, 0.25) is 0 Å². The van der Waals surface area contributed by atoms with E-state index in [0.717, 1.165) is 17.5 Å². The van der Waals surface area contributed by atoms with E-state index < -0.39 is 21.9 Å². The molecular formula is C17H17FN2O3S. The molecule has 2 aromatic rings. The minimum atomic E-state index is -4.56. The van der Waals surface area contributed by atoms with E-state index >= 15 is 0 Å². The van der Waals surface area contributed by atoms with Gasteiger partial charge in [-0.05, 0) is 41.8 Å². The van der Waals surface area contributed by atoms with Crippen LogP contribution in [-0.4, -0.2) is 31.6 Å².